The molecule has 0 radical (unpaired) electrons. The first-order valence-electron chi connectivity index (χ1n) is 5.32. The zero-order valence-corrected chi connectivity index (χ0v) is 10.3. The lowest BCUT2D eigenvalue weighted by Crippen LogP contribution is -2.47. The fraction of sp³-hybridized carbons (Fsp3) is 1.00. The van der Waals surface area contributed by atoms with Crippen LogP contribution in [0.15, 0.2) is 0 Å². The van der Waals surface area contributed by atoms with Gasteiger partial charge in [0, 0.05) is 19.8 Å². The van der Waals surface area contributed by atoms with Gasteiger partial charge >= 0.3 is 8.80 Å². The Morgan fingerprint density at radius 3 is 1.40 bits per heavy atom. The van der Waals surface area contributed by atoms with Gasteiger partial charge in [-0.15, -0.1) is 0 Å². The van der Waals surface area contributed by atoms with Crippen molar-refractivity contribution >= 4 is 8.80 Å². The van der Waals surface area contributed by atoms with Gasteiger partial charge in [-0.25, -0.2) is 8.78 Å². The van der Waals surface area contributed by atoms with Crippen LogP contribution < -0.4 is 0 Å². The Hall–Kier alpha value is -0.0431. The van der Waals surface area contributed by atoms with Crippen LogP contribution in [0.1, 0.15) is 20.8 Å². The number of alkyl halides is 2. The molecule has 1 aliphatic rings. The molecule has 0 bridgehead atoms. The van der Waals surface area contributed by atoms with E-state index in [0.29, 0.717) is 19.8 Å². The van der Waals surface area contributed by atoms with E-state index in [9.17, 15) is 8.78 Å². The van der Waals surface area contributed by atoms with Gasteiger partial charge in [0.25, 0.3) is 0 Å². The second kappa shape index (κ2) is 5.34. The van der Waals surface area contributed by atoms with Crippen molar-refractivity contribution in [2.45, 2.75) is 38.7 Å². The Kier molecular flexibility index (Phi) is 4.63. The SMILES string of the molecule is CCO[Si](OCC)(OCC)C1C(F)C1F. The molecule has 2 atom stereocenters. The van der Waals surface area contributed by atoms with Crippen molar-refractivity contribution in [1.29, 1.82) is 0 Å². The van der Waals surface area contributed by atoms with Crippen LogP contribution in [0.3, 0.4) is 0 Å². The summed E-state index contributed by atoms with van der Waals surface area (Å²) in [5, 5.41) is 0. The van der Waals surface area contributed by atoms with Crippen LogP contribution in [0.5, 0.6) is 0 Å². The van der Waals surface area contributed by atoms with E-state index in [2.05, 4.69) is 0 Å². The predicted octanol–water partition coefficient (Wildman–Crippen LogP) is 2.09. The lowest BCUT2D eigenvalue weighted by atomic mass is 10.9. The molecule has 0 heterocycles. The highest BCUT2D eigenvalue weighted by molar-refractivity contribution is 6.64. The van der Waals surface area contributed by atoms with Gasteiger partial charge in [-0.3, -0.25) is 0 Å². The van der Waals surface area contributed by atoms with Crippen molar-refractivity contribution in [1.82, 2.24) is 0 Å². The Labute approximate surface area is 90.1 Å². The highest BCUT2D eigenvalue weighted by atomic mass is 28.4. The van der Waals surface area contributed by atoms with Crippen LogP contribution in [-0.2, 0) is 13.3 Å². The molecule has 0 aromatic carbocycles. The minimum absolute atomic E-state index is 0.349. The summed E-state index contributed by atoms with van der Waals surface area (Å²) in [5.41, 5.74) is -0.822. The van der Waals surface area contributed by atoms with Gasteiger partial charge in [0.1, 0.15) is 12.3 Å². The van der Waals surface area contributed by atoms with E-state index >= 15 is 0 Å². The van der Waals surface area contributed by atoms with E-state index in [-0.39, 0.29) is 0 Å². The molecular formula is C9H18F2O3Si. The van der Waals surface area contributed by atoms with Crippen molar-refractivity contribution in [3.63, 3.8) is 0 Å². The molecule has 0 aliphatic heterocycles. The van der Waals surface area contributed by atoms with E-state index in [1.165, 1.54) is 0 Å². The maximum atomic E-state index is 13.1. The molecule has 1 aliphatic carbocycles. The standard InChI is InChI=1S/C9H18F2O3Si/c1-4-12-15(13-5-2,14-6-3)9-7(10)8(9)11/h7-9H,4-6H2,1-3H3. The van der Waals surface area contributed by atoms with Crippen LogP contribution in [0.4, 0.5) is 8.78 Å². The maximum absolute atomic E-state index is 13.1. The molecule has 0 N–H and O–H groups in total. The smallest absolute Gasteiger partial charge is 0.373 e. The van der Waals surface area contributed by atoms with Crippen LogP contribution >= 0.6 is 0 Å². The fourth-order valence-electron chi connectivity index (χ4n) is 1.65. The number of hydrogen-bond acceptors (Lipinski definition) is 3. The molecular weight excluding hydrogens is 222 g/mol. The van der Waals surface area contributed by atoms with Gasteiger partial charge in [0.15, 0.2) is 0 Å². The highest BCUT2D eigenvalue weighted by Crippen LogP contribution is 2.51. The molecule has 0 aromatic heterocycles. The minimum Gasteiger partial charge on any atom is -0.373 e. The van der Waals surface area contributed by atoms with Gasteiger partial charge in [-0.1, -0.05) is 0 Å². The second-order valence-corrected chi connectivity index (χ2v) is 6.06. The lowest BCUT2D eigenvalue weighted by Gasteiger charge is -2.28. The van der Waals surface area contributed by atoms with Gasteiger partial charge in [0.2, 0.25) is 0 Å². The Morgan fingerprint density at radius 2 is 1.20 bits per heavy atom. The normalized spacial score (nSPS) is 30.6. The molecule has 3 nitrogen and oxygen atoms in total. The summed E-state index contributed by atoms with van der Waals surface area (Å²) in [5.74, 6) is 0. The molecule has 1 saturated carbocycles. The predicted molar refractivity (Wildman–Crippen MR) is 54.2 cm³/mol. The summed E-state index contributed by atoms with van der Waals surface area (Å²) in [4.78, 5) is 0. The monoisotopic (exact) mass is 240 g/mol. The first-order valence-corrected chi connectivity index (χ1v) is 7.13. The average Bonchev–Trinajstić information content (AvgIpc) is 2.76. The van der Waals surface area contributed by atoms with Crippen LogP contribution in [0.2, 0.25) is 5.54 Å². The van der Waals surface area contributed by atoms with Gasteiger partial charge in [-0.2, -0.15) is 0 Å². The molecule has 1 rings (SSSR count). The molecule has 0 spiro atoms. The third kappa shape index (κ3) is 2.55. The van der Waals surface area contributed by atoms with E-state index in [4.69, 9.17) is 13.3 Å². The summed E-state index contributed by atoms with van der Waals surface area (Å²) in [6.45, 7) is 6.35. The second-order valence-electron chi connectivity index (χ2n) is 3.32. The molecule has 90 valence electrons. The van der Waals surface area contributed by atoms with Crippen LogP contribution in [0, 0.1) is 0 Å². The Balaban J connectivity index is 2.72. The van der Waals surface area contributed by atoms with Gasteiger partial charge in [-0.05, 0) is 20.8 Å². The van der Waals surface area contributed by atoms with Crippen molar-refractivity contribution < 1.29 is 22.1 Å². The third-order valence-corrected chi connectivity index (χ3v) is 5.82. The summed E-state index contributed by atoms with van der Waals surface area (Å²) in [6.07, 6.45) is -2.97. The van der Waals surface area contributed by atoms with Crippen molar-refractivity contribution in [3.05, 3.63) is 0 Å². The van der Waals surface area contributed by atoms with E-state index < -0.39 is 26.7 Å². The van der Waals surface area contributed by atoms with Crippen LogP contribution in [0.25, 0.3) is 0 Å². The topological polar surface area (TPSA) is 27.7 Å². The van der Waals surface area contributed by atoms with Crippen LogP contribution in [-0.4, -0.2) is 41.0 Å². The van der Waals surface area contributed by atoms with Crippen molar-refractivity contribution in [2.24, 2.45) is 0 Å². The van der Waals surface area contributed by atoms with Gasteiger partial charge in [0.05, 0.1) is 5.54 Å². The first-order chi connectivity index (χ1) is 7.13. The zero-order chi connectivity index (χ0) is 11.5. The molecule has 1 fully saturated rings. The quantitative estimate of drug-likeness (QED) is 0.638. The molecule has 0 saturated heterocycles. The number of halogens is 2. The minimum atomic E-state index is -3.14. The maximum Gasteiger partial charge on any atom is 0.510 e. The zero-order valence-electron chi connectivity index (χ0n) is 9.33. The summed E-state index contributed by atoms with van der Waals surface area (Å²) < 4.78 is 42.3. The number of rotatable bonds is 7. The molecule has 15 heavy (non-hydrogen) atoms. The van der Waals surface area contributed by atoms with Crippen molar-refractivity contribution in [2.75, 3.05) is 19.8 Å². The van der Waals surface area contributed by atoms with E-state index in [1.54, 1.807) is 20.8 Å². The summed E-state index contributed by atoms with van der Waals surface area (Å²) >= 11 is 0. The highest BCUT2D eigenvalue weighted by Gasteiger charge is 2.70. The molecule has 0 aromatic rings. The Morgan fingerprint density at radius 1 is 0.867 bits per heavy atom. The third-order valence-electron chi connectivity index (χ3n) is 2.29. The molecule has 0 amide bonds. The summed E-state index contributed by atoms with van der Waals surface area (Å²) in [7, 11) is -3.14. The van der Waals surface area contributed by atoms with E-state index in [1.807, 2.05) is 0 Å². The molecule has 2 unspecified atom stereocenters. The van der Waals surface area contributed by atoms with E-state index in [0.717, 1.165) is 0 Å². The molecule has 6 heteroatoms. The average molecular weight is 240 g/mol. The van der Waals surface area contributed by atoms with Gasteiger partial charge < -0.3 is 13.3 Å². The Bertz CT molecular complexity index is 181. The fourth-order valence-corrected chi connectivity index (χ4v) is 4.72. The largest absolute Gasteiger partial charge is 0.510 e. The lowest BCUT2D eigenvalue weighted by molar-refractivity contribution is 0.0663. The van der Waals surface area contributed by atoms with Crippen molar-refractivity contribution in [3.8, 4) is 0 Å². The summed E-state index contributed by atoms with van der Waals surface area (Å²) in [6, 6.07) is 0. The number of hydrogen-bond donors (Lipinski definition) is 0. The first kappa shape index (κ1) is 13.0.